The predicted molar refractivity (Wildman–Crippen MR) is 79.8 cm³/mol. The lowest BCUT2D eigenvalue weighted by Crippen LogP contribution is -2.13. The Kier molecular flexibility index (Phi) is 11.6. The van der Waals surface area contributed by atoms with Crippen molar-refractivity contribution >= 4 is 27.9 Å². The molecule has 0 aliphatic carbocycles. The first-order valence-electron chi connectivity index (χ1n) is 5.75. The highest BCUT2D eigenvalue weighted by Crippen LogP contribution is 2.17. The summed E-state index contributed by atoms with van der Waals surface area (Å²) in [6, 6.07) is 0. The molecule has 0 saturated heterocycles. The van der Waals surface area contributed by atoms with Gasteiger partial charge in [-0.2, -0.15) is 0 Å². The highest BCUT2D eigenvalue weighted by Gasteiger charge is 2.05. The Bertz CT molecular complexity index is 207. The first-order chi connectivity index (χ1) is 7.74. The quantitative estimate of drug-likeness (QED) is 0.364. The third-order valence-electron chi connectivity index (χ3n) is 2.06. The average molecular weight is 307 g/mol. The summed E-state index contributed by atoms with van der Waals surface area (Å²) >= 11 is 5.34. The molecule has 0 aliphatic rings. The van der Waals surface area contributed by atoms with Gasteiger partial charge in [0.15, 0.2) is 0 Å². The maximum absolute atomic E-state index is 3.80. The monoisotopic (exact) mass is 306 g/mol. The standard InChI is InChI=1S/C12H23BrN2S/c1-4-6-12(7-5-2)16-15-9-8-11(13)10-14-3/h4,10,12,14-15H,1,5-9H2,2-3H3/b11-10+. The smallest absolute Gasteiger partial charge is 0.0227 e. The van der Waals surface area contributed by atoms with E-state index in [9.17, 15) is 0 Å². The van der Waals surface area contributed by atoms with Crippen LogP contribution in [-0.2, 0) is 0 Å². The normalized spacial score (nSPS) is 13.6. The molecule has 0 aromatic heterocycles. The van der Waals surface area contributed by atoms with Gasteiger partial charge in [0.05, 0.1) is 0 Å². The van der Waals surface area contributed by atoms with Crippen molar-refractivity contribution in [1.29, 1.82) is 0 Å². The maximum Gasteiger partial charge on any atom is 0.0227 e. The molecule has 0 fully saturated rings. The second-order valence-electron chi connectivity index (χ2n) is 3.58. The zero-order chi connectivity index (χ0) is 12.2. The van der Waals surface area contributed by atoms with E-state index >= 15 is 0 Å². The zero-order valence-electron chi connectivity index (χ0n) is 10.3. The van der Waals surface area contributed by atoms with Gasteiger partial charge in [0.25, 0.3) is 0 Å². The molecule has 0 spiro atoms. The Morgan fingerprint density at radius 3 is 2.88 bits per heavy atom. The van der Waals surface area contributed by atoms with E-state index in [1.54, 1.807) is 0 Å². The van der Waals surface area contributed by atoms with E-state index in [0.717, 1.165) is 19.4 Å². The minimum absolute atomic E-state index is 0.662. The fourth-order valence-electron chi connectivity index (χ4n) is 1.31. The lowest BCUT2D eigenvalue weighted by atomic mass is 10.2. The van der Waals surface area contributed by atoms with E-state index in [0.29, 0.717) is 5.25 Å². The second-order valence-corrected chi connectivity index (χ2v) is 5.79. The summed E-state index contributed by atoms with van der Waals surface area (Å²) in [5, 5.41) is 3.66. The van der Waals surface area contributed by atoms with Gasteiger partial charge in [0.2, 0.25) is 0 Å². The van der Waals surface area contributed by atoms with Crippen molar-refractivity contribution < 1.29 is 0 Å². The summed E-state index contributed by atoms with van der Waals surface area (Å²) in [6.45, 7) is 7.01. The first kappa shape index (κ1) is 16.1. The van der Waals surface area contributed by atoms with Crippen LogP contribution in [0.2, 0.25) is 0 Å². The highest BCUT2D eigenvalue weighted by molar-refractivity contribution is 9.11. The molecule has 2 N–H and O–H groups in total. The zero-order valence-corrected chi connectivity index (χ0v) is 12.7. The lowest BCUT2D eigenvalue weighted by molar-refractivity contribution is 0.740. The number of allylic oxidation sites excluding steroid dienone is 1. The van der Waals surface area contributed by atoms with E-state index < -0.39 is 0 Å². The minimum Gasteiger partial charge on any atom is -0.393 e. The van der Waals surface area contributed by atoms with Gasteiger partial charge in [-0.25, -0.2) is 0 Å². The maximum atomic E-state index is 3.80. The second kappa shape index (κ2) is 11.6. The minimum atomic E-state index is 0.662. The predicted octanol–water partition coefficient (Wildman–Crippen LogP) is 3.81. The van der Waals surface area contributed by atoms with Gasteiger partial charge in [-0.1, -0.05) is 47.3 Å². The van der Waals surface area contributed by atoms with Gasteiger partial charge < -0.3 is 5.32 Å². The van der Waals surface area contributed by atoms with Gasteiger partial charge in [-0.3, -0.25) is 4.72 Å². The lowest BCUT2D eigenvalue weighted by Gasteiger charge is -2.13. The molecule has 1 unspecified atom stereocenters. The van der Waals surface area contributed by atoms with E-state index in [1.165, 1.54) is 17.3 Å². The molecule has 0 aliphatic heterocycles. The Balaban J connectivity index is 3.60. The summed E-state index contributed by atoms with van der Waals surface area (Å²) in [7, 11) is 1.91. The fourth-order valence-corrected chi connectivity index (χ4v) is 2.78. The van der Waals surface area contributed by atoms with Gasteiger partial charge in [-0.05, 0) is 19.3 Å². The van der Waals surface area contributed by atoms with Crippen LogP contribution in [-0.4, -0.2) is 18.8 Å². The molecular formula is C12H23BrN2S. The third kappa shape index (κ3) is 9.31. The molecule has 0 rings (SSSR count). The van der Waals surface area contributed by atoms with Crippen LogP contribution in [0.1, 0.15) is 32.6 Å². The molecule has 0 saturated carbocycles. The van der Waals surface area contributed by atoms with Crippen LogP contribution in [0, 0.1) is 0 Å². The summed E-state index contributed by atoms with van der Waals surface area (Å²) in [5.74, 6) is 0. The number of nitrogens with one attached hydrogen (secondary N) is 2. The number of hydrogen-bond acceptors (Lipinski definition) is 3. The molecule has 16 heavy (non-hydrogen) atoms. The van der Waals surface area contributed by atoms with E-state index in [4.69, 9.17) is 0 Å². The van der Waals surface area contributed by atoms with E-state index in [-0.39, 0.29) is 0 Å². The molecule has 94 valence electrons. The van der Waals surface area contributed by atoms with Crippen molar-refractivity contribution in [2.75, 3.05) is 13.6 Å². The highest BCUT2D eigenvalue weighted by atomic mass is 79.9. The van der Waals surface area contributed by atoms with Gasteiger partial charge in [0.1, 0.15) is 0 Å². The van der Waals surface area contributed by atoms with Crippen LogP contribution in [0.4, 0.5) is 0 Å². The molecule has 0 bridgehead atoms. The number of rotatable bonds is 10. The van der Waals surface area contributed by atoms with Crippen molar-refractivity contribution in [3.05, 3.63) is 23.3 Å². The SMILES string of the molecule is C=CCC(CCC)SNCC/C(Br)=C\NC. The van der Waals surface area contributed by atoms with Crippen molar-refractivity contribution in [3.63, 3.8) is 0 Å². The Hall–Kier alpha value is 0.0700. The summed E-state index contributed by atoms with van der Waals surface area (Å²) in [6.07, 6.45) is 8.55. The topological polar surface area (TPSA) is 24.1 Å². The van der Waals surface area contributed by atoms with Gasteiger partial charge in [-0.15, -0.1) is 6.58 Å². The van der Waals surface area contributed by atoms with Gasteiger partial charge >= 0.3 is 0 Å². The molecule has 0 aromatic rings. The van der Waals surface area contributed by atoms with Crippen molar-refractivity contribution in [2.24, 2.45) is 0 Å². The largest absolute Gasteiger partial charge is 0.393 e. The first-order valence-corrected chi connectivity index (χ1v) is 7.43. The Morgan fingerprint density at radius 2 is 2.31 bits per heavy atom. The number of halogens is 1. The van der Waals surface area contributed by atoms with E-state index in [2.05, 4.69) is 39.5 Å². The molecule has 4 heteroatoms. The molecular weight excluding hydrogens is 284 g/mol. The Labute approximate surface area is 113 Å². The van der Waals surface area contributed by atoms with Crippen LogP contribution in [0.25, 0.3) is 0 Å². The van der Waals surface area contributed by atoms with Crippen LogP contribution in [0.15, 0.2) is 23.3 Å². The number of hydrogen-bond donors (Lipinski definition) is 2. The molecule has 0 amide bonds. The third-order valence-corrected chi connectivity index (χ3v) is 3.81. The van der Waals surface area contributed by atoms with Crippen molar-refractivity contribution in [1.82, 2.24) is 10.0 Å². The summed E-state index contributed by atoms with van der Waals surface area (Å²) < 4.78 is 4.61. The van der Waals surface area contributed by atoms with Crippen LogP contribution >= 0.6 is 27.9 Å². The van der Waals surface area contributed by atoms with E-state index in [1.807, 2.05) is 31.3 Å². The molecule has 0 radical (unpaired) electrons. The van der Waals surface area contributed by atoms with Crippen LogP contribution < -0.4 is 10.0 Å². The summed E-state index contributed by atoms with van der Waals surface area (Å²) in [4.78, 5) is 0. The van der Waals surface area contributed by atoms with Gasteiger partial charge in [0, 0.05) is 29.5 Å². The molecule has 0 aromatic carbocycles. The Morgan fingerprint density at radius 1 is 1.56 bits per heavy atom. The molecule has 1 atom stereocenters. The molecule has 2 nitrogen and oxygen atoms in total. The summed E-state index contributed by atoms with van der Waals surface area (Å²) in [5.41, 5.74) is 0. The molecule has 0 heterocycles. The van der Waals surface area contributed by atoms with Crippen LogP contribution in [0.5, 0.6) is 0 Å². The van der Waals surface area contributed by atoms with Crippen molar-refractivity contribution in [3.8, 4) is 0 Å². The average Bonchev–Trinajstić information content (AvgIpc) is 2.25. The fraction of sp³-hybridized carbons (Fsp3) is 0.667. The van der Waals surface area contributed by atoms with Crippen molar-refractivity contribution in [2.45, 2.75) is 37.9 Å². The van der Waals surface area contributed by atoms with Crippen LogP contribution in [0.3, 0.4) is 0 Å².